The average molecular weight is 476 g/mol. The highest BCUT2D eigenvalue weighted by Gasteiger charge is 2.26. The molecule has 0 amide bonds. The van der Waals surface area contributed by atoms with E-state index in [0.29, 0.717) is 0 Å². The lowest BCUT2D eigenvalue weighted by molar-refractivity contribution is 0.352. The van der Waals surface area contributed by atoms with Gasteiger partial charge in [-0.05, 0) is 70.4 Å². The van der Waals surface area contributed by atoms with Crippen LogP contribution >= 0.6 is 35.0 Å². The van der Waals surface area contributed by atoms with E-state index in [0.717, 1.165) is 40.3 Å². The molecule has 1 atom stereocenters. The Kier molecular flexibility index (Phi) is 7.22. The van der Waals surface area contributed by atoms with Crippen molar-refractivity contribution in [1.82, 2.24) is 5.32 Å². The summed E-state index contributed by atoms with van der Waals surface area (Å²) in [7, 11) is 5.08. The summed E-state index contributed by atoms with van der Waals surface area (Å²) in [6, 6.07) is 10.5. The van der Waals surface area contributed by atoms with Crippen LogP contribution in [0.1, 0.15) is 22.6 Å². The van der Waals surface area contributed by atoms with Crippen LogP contribution in [0.4, 0.5) is 0 Å². The molecule has 2 aromatic rings. The van der Waals surface area contributed by atoms with Crippen molar-refractivity contribution in [3.63, 3.8) is 0 Å². The molecule has 25 heavy (non-hydrogen) atoms. The molecule has 0 fully saturated rings. The summed E-state index contributed by atoms with van der Waals surface area (Å²) in [6.07, 6.45) is 0.987. The summed E-state index contributed by atoms with van der Waals surface area (Å²) in [4.78, 5) is 0. The second kappa shape index (κ2) is 8.96. The summed E-state index contributed by atoms with van der Waals surface area (Å²) < 4.78 is 17.6. The van der Waals surface area contributed by atoms with Crippen LogP contribution in [0.2, 0.25) is 0 Å². The molecular formula is C19H23ClINO3. The van der Waals surface area contributed by atoms with Gasteiger partial charge >= 0.3 is 0 Å². The molecule has 136 valence electrons. The van der Waals surface area contributed by atoms with Crippen molar-refractivity contribution in [3.05, 3.63) is 50.6 Å². The van der Waals surface area contributed by atoms with Crippen LogP contribution in [0.25, 0.3) is 0 Å². The van der Waals surface area contributed by atoms with Gasteiger partial charge in [-0.2, -0.15) is 0 Å². The van der Waals surface area contributed by atoms with Crippen LogP contribution < -0.4 is 19.5 Å². The molecule has 0 saturated heterocycles. The van der Waals surface area contributed by atoms with Crippen molar-refractivity contribution in [2.45, 2.75) is 12.3 Å². The molecule has 0 aliphatic carbocycles. The number of nitrogens with one attached hydrogen (secondary N) is 1. The topological polar surface area (TPSA) is 39.7 Å². The molecule has 1 aliphatic heterocycles. The Hall–Kier alpha value is -1.18. The first-order valence-electron chi connectivity index (χ1n) is 7.97. The van der Waals surface area contributed by atoms with E-state index in [9.17, 15) is 0 Å². The number of ether oxygens (including phenoxy) is 3. The van der Waals surface area contributed by atoms with Crippen molar-refractivity contribution >= 4 is 35.0 Å². The molecular weight excluding hydrogens is 453 g/mol. The lowest BCUT2D eigenvalue weighted by Crippen LogP contribution is -2.20. The van der Waals surface area contributed by atoms with E-state index in [1.807, 2.05) is 12.1 Å². The van der Waals surface area contributed by atoms with Crippen molar-refractivity contribution in [2.75, 3.05) is 34.4 Å². The van der Waals surface area contributed by atoms with Gasteiger partial charge in [0.05, 0.1) is 24.9 Å². The predicted molar refractivity (Wildman–Crippen MR) is 111 cm³/mol. The maximum absolute atomic E-state index is 5.58. The summed E-state index contributed by atoms with van der Waals surface area (Å²) in [5.74, 6) is 2.78. The van der Waals surface area contributed by atoms with E-state index < -0.39 is 0 Å². The molecule has 6 heteroatoms. The highest BCUT2D eigenvalue weighted by Crippen LogP contribution is 2.41. The third-order valence-corrected chi connectivity index (χ3v) is 5.68. The van der Waals surface area contributed by atoms with Crippen molar-refractivity contribution in [1.29, 1.82) is 0 Å². The lowest BCUT2D eigenvalue weighted by Gasteiger charge is -2.22. The van der Waals surface area contributed by atoms with Crippen LogP contribution in [0.15, 0.2) is 30.3 Å². The van der Waals surface area contributed by atoms with E-state index in [1.165, 1.54) is 16.7 Å². The predicted octanol–water partition coefficient (Wildman–Crippen LogP) is 4.02. The summed E-state index contributed by atoms with van der Waals surface area (Å²) >= 11 is 2.38. The first-order valence-corrected chi connectivity index (χ1v) is 9.05. The van der Waals surface area contributed by atoms with Gasteiger partial charge in [0.15, 0.2) is 11.5 Å². The summed E-state index contributed by atoms with van der Waals surface area (Å²) in [5, 5.41) is 3.56. The molecule has 0 aromatic heterocycles. The number of fused-ring (bicyclic) bond motifs is 1. The Bertz CT molecular complexity index is 722. The minimum atomic E-state index is 0. The number of rotatable bonds is 4. The van der Waals surface area contributed by atoms with Crippen LogP contribution in [0, 0.1) is 3.57 Å². The number of methoxy groups -OCH3 is 3. The fourth-order valence-corrected chi connectivity index (χ4v) is 4.34. The largest absolute Gasteiger partial charge is 0.497 e. The van der Waals surface area contributed by atoms with E-state index in [2.05, 4.69) is 46.1 Å². The zero-order valence-electron chi connectivity index (χ0n) is 14.6. The van der Waals surface area contributed by atoms with Gasteiger partial charge in [0.25, 0.3) is 0 Å². The van der Waals surface area contributed by atoms with Crippen LogP contribution in [0.3, 0.4) is 0 Å². The van der Waals surface area contributed by atoms with Gasteiger partial charge < -0.3 is 19.5 Å². The van der Waals surface area contributed by atoms with Gasteiger partial charge in [0.2, 0.25) is 0 Å². The Morgan fingerprint density at radius 2 is 1.76 bits per heavy atom. The fraction of sp³-hybridized carbons (Fsp3) is 0.368. The second-order valence-corrected chi connectivity index (χ2v) is 6.85. The number of hydrogen-bond donors (Lipinski definition) is 1. The summed E-state index contributed by atoms with van der Waals surface area (Å²) in [5.41, 5.74) is 3.93. The molecule has 0 radical (unpaired) electrons. The lowest BCUT2D eigenvalue weighted by atomic mass is 9.87. The van der Waals surface area contributed by atoms with Gasteiger partial charge in [-0.1, -0.05) is 12.1 Å². The third-order valence-electron chi connectivity index (χ3n) is 4.54. The SMILES string of the molecule is COc1ccc(C2CNCCc3c2cc(OC)c(OC)c3I)cc1.Cl. The van der Waals surface area contributed by atoms with Crippen molar-refractivity contribution in [2.24, 2.45) is 0 Å². The average Bonchev–Trinajstić information content (AvgIpc) is 2.84. The monoisotopic (exact) mass is 475 g/mol. The quantitative estimate of drug-likeness (QED) is 0.678. The Morgan fingerprint density at radius 1 is 1.04 bits per heavy atom. The first kappa shape index (κ1) is 20.1. The fourth-order valence-electron chi connectivity index (χ4n) is 3.28. The zero-order valence-corrected chi connectivity index (χ0v) is 17.6. The number of benzene rings is 2. The molecule has 0 spiro atoms. The van der Waals surface area contributed by atoms with Gasteiger partial charge in [-0.25, -0.2) is 0 Å². The normalized spacial score (nSPS) is 16.2. The van der Waals surface area contributed by atoms with E-state index in [4.69, 9.17) is 14.2 Å². The van der Waals surface area contributed by atoms with Gasteiger partial charge in [-0.15, -0.1) is 12.4 Å². The molecule has 2 aromatic carbocycles. The zero-order chi connectivity index (χ0) is 17.1. The molecule has 1 unspecified atom stereocenters. The van der Waals surface area contributed by atoms with E-state index in [1.54, 1.807) is 21.3 Å². The highest BCUT2D eigenvalue weighted by atomic mass is 127. The van der Waals surface area contributed by atoms with E-state index in [-0.39, 0.29) is 18.3 Å². The van der Waals surface area contributed by atoms with Gasteiger partial charge in [0, 0.05) is 12.5 Å². The maximum atomic E-state index is 5.58. The van der Waals surface area contributed by atoms with Crippen molar-refractivity contribution < 1.29 is 14.2 Å². The Balaban J connectivity index is 0.00000225. The van der Waals surface area contributed by atoms with Crippen molar-refractivity contribution in [3.8, 4) is 17.2 Å². The molecule has 3 rings (SSSR count). The minimum Gasteiger partial charge on any atom is -0.497 e. The van der Waals surface area contributed by atoms with E-state index >= 15 is 0 Å². The van der Waals surface area contributed by atoms with Gasteiger partial charge in [-0.3, -0.25) is 0 Å². The van der Waals surface area contributed by atoms with Crippen LogP contribution in [-0.2, 0) is 6.42 Å². The van der Waals surface area contributed by atoms with Gasteiger partial charge in [0.1, 0.15) is 5.75 Å². The maximum Gasteiger partial charge on any atom is 0.174 e. The minimum absolute atomic E-state index is 0. The smallest absolute Gasteiger partial charge is 0.174 e. The standard InChI is InChI=1S/C19H22INO3.ClH/c1-22-13-6-4-12(5-7-13)16-11-21-9-8-14-15(16)10-17(23-2)19(24-3)18(14)20;/h4-7,10,16,21H,8-9,11H2,1-3H3;1H. The molecule has 1 aliphatic rings. The molecule has 1 heterocycles. The molecule has 4 nitrogen and oxygen atoms in total. The molecule has 1 N–H and O–H groups in total. The third kappa shape index (κ3) is 3.99. The number of halogens is 2. The molecule has 0 saturated carbocycles. The van der Waals surface area contributed by atoms with Crippen LogP contribution in [0.5, 0.6) is 17.2 Å². The van der Waals surface area contributed by atoms with Crippen LogP contribution in [-0.4, -0.2) is 34.4 Å². The number of hydrogen-bond acceptors (Lipinski definition) is 4. The summed E-state index contributed by atoms with van der Waals surface area (Å²) in [6.45, 7) is 1.87. The Morgan fingerprint density at radius 3 is 2.36 bits per heavy atom. The second-order valence-electron chi connectivity index (χ2n) is 5.77. The highest BCUT2D eigenvalue weighted by molar-refractivity contribution is 14.1. The Labute approximate surface area is 168 Å². The molecule has 0 bridgehead atoms. The first-order chi connectivity index (χ1) is 11.7.